The van der Waals surface area contributed by atoms with Crippen molar-refractivity contribution in [3.63, 3.8) is 0 Å². The molecule has 2 aromatic carbocycles. The first-order chi connectivity index (χ1) is 23.6. The van der Waals surface area contributed by atoms with Crippen molar-refractivity contribution in [1.29, 1.82) is 0 Å². The second kappa shape index (κ2) is 16.7. The molecule has 12 heteroatoms. The van der Waals surface area contributed by atoms with Crippen molar-refractivity contribution < 1.29 is 48.5 Å². The number of esters is 2. The molecule has 4 N–H and O–H groups in total. The van der Waals surface area contributed by atoms with Gasteiger partial charge >= 0.3 is 23.8 Å². The van der Waals surface area contributed by atoms with E-state index >= 15 is 0 Å². The number of nitrogens with one attached hydrogen (secondary N) is 2. The van der Waals surface area contributed by atoms with Gasteiger partial charge in [-0.2, -0.15) is 0 Å². The molecule has 0 aliphatic heterocycles. The van der Waals surface area contributed by atoms with Crippen molar-refractivity contribution in [3.05, 3.63) is 57.6 Å². The number of ether oxygens (including phenoxy) is 2. The number of rotatable bonds is 12. The number of ketones is 2. The van der Waals surface area contributed by atoms with Gasteiger partial charge in [0, 0.05) is 12.8 Å². The molecule has 0 atom stereocenters. The van der Waals surface area contributed by atoms with Crippen LogP contribution in [0.2, 0.25) is 0 Å². The van der Waals surface area contributed by atoms with E-state index in [1.54, 1.807) is 24.3 Å². The number of hydrogen-bond donors (Lipinski definition) is 4. The van der Waals surface area contributed by atoms with Crippen LogP contribution in [0.15, 0.2) is 24.3 Å². The fourth-order valence-corrected chi connectivity index (χ4v) is 5.33. The number of amides is 2. The lowest BCUT2D eigenvalue weighted by molar-refractivity contribution is -0.154. The van der Waals surface area contributed by atoms with E-state index in [2.05, 4.69) is 10.6 Å². The second-order valence-corrected chi connectivity index (χ2v) is 17.1. The Labute approximate surface area is 307 Å². The molecule has 0 aliphatic rings. The van der Waals surface area contributed by atoms with Gasteiger partial charge in [0.1, 0.15) is 24.7 Å². The fraction of sp³-hybridized carbons (Fsp3) is 0.550. The molecule has 0 spiro atoms. The van der Waals surface area contributed by atoms with Crippen molar-refractivity contribution in [3.8, 4) is 11.5 Å². The van der Waals surface area contributed by atoms with Crippen LogP contribution in [0.5, 0.6) is 11.5 Å². The third-order valence-corrected chi connectivity index (χ3v) is 8.20. The van der Waals surface area contributed by atoms with Crippen LogP contribution in [0.4, 0.5) is 0 Å². The van der Waals surface area contributed by atoms with E-state index in [1.165, 1.54) is 0 Å². The summed E-state index contributed by atoms with van der Waals surface area (Å²) in [6, 6.07) is 6.82. The van der Waals surface area contributed by atoms with Gasteiger partial charge in [-0.25, -0.2) is 9.59 Å². The van der Waals surface area contributed by atoms with Gasteiger partial charge in [0.2, 0.25) is 11.6 Å². The summed E-state index contributed by atoms with van der Waals surface area (Å²) in [6.07, 6.45) is -0.493. The standard InChI is InChI=1S/C40H56N2O10/c1-37(2,3)25-17-23(18-26(31(25)45)38(4,5)6)21-29(43)35(49)51-15-13-41-33(47)34(48)42-14-16-52-36(50)30(44)22-24-19-27(39(7,8)9)32(46)28(20-24)40(10,11)12/h17-20,45-46H,13-16,21-22H2,1-12H3,(H,41,47)(H,42,48). The van der Waals surface area contributed by atoms with Crippen LogP contribution in [0.3, 0.4) is 0 Å². The van der Waals surface area contributed by atoms with Crippen molar-refractivity contribution in [2.24, 2.45) is 0 Å². The Morgan fingerprint density at radius 3 is 0.981 bits per heavy atom. The van der Waals surface area contributed by atoms with Crippen LogP contribution in [-0.4, -0.2) is 71.8 Å². The zero-order valence-electron chi connectivity index (χ0n) is 32.7. The van der Waals surface area contributed by atoms with Crippen LogP contribution in [0.1, 0.15) is 116 Å². The molecule has 0 aromatic heterocycles. The van der Waals surface area contributed by atoms with Crippen LogP contribution < -0.4 is 10.6 Å². The summed E-state index contributed by atoms with van der Waals surface area (Å²) in [7, 11) is 0. The molecule has 0 bridgehead atoms. The van der Waals surface area contributed by atoms with E-state index in [0.717, 1.165) is 0 Å². The van der Waals surface area contributed by atoms with E-state index in [4.69, 9.17) is 9.47 Å². The first-order valence-corrected chi connectivity index (χ1v) is 17.3. The summed E-state index contributed by atoms with van der Waals surface area (Å²) in [6.45, 7) is 22.0. The normalized spacial score (nSPS) is 12.2. The number of carbonyl (C=O) groups is 6. The van der Waals surface area contributed by atoms with Crippen molar-refractivity contribution in [2.45, 2.75) is 118 Å². The number of aromatic hydroxyl groups is 2. The van der Waals surface area contributed by atoms with Gasteiger partial charge in [-0.1, -0.05) is 107 Å². The smallest absolute Gasteiger partial charge is 0.375 e. The summed E-state index contributed by atoms with van der Waals surface area (Å²) in [4.78, 5) is 74.3. The minimum atomic E-state index is -1.10. The molecule has 0 radical (unpaired) electrons. The molecular weight excluding hydrogens is 668 g/mol. The lowest BCUT2D eigenvalue weighted by Gasteiger charge is -2.28. The summed E-state index contributed by atoms with van der Waals surface area (Å²) >= 11 is 0. The fourth-order valence-electron chi connectivity index (χ4n) is 5.33. The number of benzene rings is 2. The van der Waals surface area contributed by atoms with Gasteiger partial charge in [-0.05, 0) is 55.0 Å². The lowest BCUT2D eigenvalue weighted by atomic mass is 9.78. The molecule has 12 nitrogen and oxygen atoms in total. The van der Waals surface area contributed by atoms with Gasteiger partial charge in [-0.15, -0.1) is 0 Å². The van der Waals surface area contributed by atoms with E-state index in [1.807, 2.05) is 83.1 Å². The van der Waals surface area contributed by atoms with Crippen molar-refractivity contribution >= 4 is 35.3 Å². The number of phenols is 2. The number of phenolic OH excluding ortho intramolecular Hbond substituents is 2. The minimum Gasteiger partial charge on any atom is -0.507 e. The van der Waals surface area contributed by atoms with E-state index in [9.17, 15) is 39.0 Å². The number of carbonyl (C=O) groups excluding carboxylic acids is 6. The summed E-state index contributed by atoms with van der Waals surface area (Å²) in [5.41, 5.74) is 2.05. The first kappa shape index (κ1) is 43.4. The first-order valence-electron chi connectivity index (χ1n) is 17.3. The third kappa shape index (κ3) is 12.2. The Balaban J connectivity index is 1.82. The predicted octanol–water partition coefficient (Wildman–Crippen LogP) is 4.53. The third-order valence-electron chi connectivity index (χ3n) is 8.20. The maximum atomic E-state index is 12.6. The zero-order valence-corrected chi connectivity index (χ0v) is 32.7. The maximum absolute atomic E-state index is 12.6. The maximum Gasteiger partial charge on any atom is 0.375 e. The molecule has 0 fully saturated rings. The molecule has 52 heavy (non-hydrogen) atoms. The van der Waals surface area contributed by atoms with Gasteiger partial charge in [0.15, 0.2) is 0 Å². The highest BCUT2D eigenvalue weighted by molar-refractivity contribution is 6.35. The van der Waals surface area contributed by atoms with Gasteiger partial charge < -0.3 is 30.3 Å². The average molecular weight is 725 g/mol. The number of Topliss-reactive ketones (excluding diaryl/α,β-unsaturated/α-hetero) is 2. The topological polar surface area (TPSA) is 185 Å². The molecule has 2 rings (SSSR count). The summed E-state index contributed by atoms with van der Waals surface area (Å²) in [5, 5.41) is 26.3. The van der Waals surface area contributed by atoms with Gasteiger partial charge in [0.25, 0.3) is 0 Å². The van der Waals surface area contributed by atoms with Crippen molar-refractivity contribution in [1.82, 2.24) is 10.6 Å². The van der Waals surface area contributed by atoms with Gasteiger partial charge in [0.05, 0.1) is 13.1 Å². The average Bonchev–Trinajstić information content (AvgIpc) is 2.99. The highest BCUT2D eigenvalue weighted by Gasteiger charge is 2.29. The SMILES string of the molecule is CC(C)(C)c1cc(CC(=O)C(=O)OCCNC(=O)C(=O)NCCOC(=O)C(=O)Cc2cc(C(C)(C)C)c(O)c(C(C)(C)C)c2)cc(C(C)(C)C)c1O. The van der Waals surface area contributed by atoms with Crippen molar-refractivity contribution in [2.75, 3.05) is 26.3 Å². The molecule has 2 aromatic rings. The molecule has 2 amide bonds. The second-order valence-electron chi connectivity index (χ2n) is 17.1. The monoisotopic (exact) mass is 724 g/mol. The summed E-state index contributed by atoms with van der Waals surface area (Å²) in [5.74, 6) is -5.61. The molecule has 0 heterocycles. The Morgan fingerprint density at radius 1 is 0.500 bits per heavy atom. The molecule has 0 saturated carbocycles. The van der Waals surface area contributed by atoms with Gasteiger partial charge in [-0.3, -0.25) is 19.2 Å². The number of hydrogen-bond acceptors (Lipinski definition) is 10. The Hall–Kier alpha value is -4.74. The predicted molar refractivity (Wildman–Crippen MR) is 196 cm³/mol. The van der Waals surface area contributed by atoms with E-state index < -0.39 is 57.0 Å². The Morgan fingerprint density at radius 2 is 0.750 bits per heavy atom. The summed E-state index contributed by atoms with van der Waals surface area (Å²) < 4.78 is 9.96. The Bertz CT molecular complexity index is 1500. The Kier molecular flexibility index (Phi) is 14.0. The van der Waals surface area contributed by atoms with E-state index in [-0.39, 0.29) is 50.6 Å². The molecule has 0 unspecified atom stereocenters. The van der Waals surface area contributed by atoms with Crippen LogP contribution >= 0.6 is 0 Å². The van der Waals surface area contributed by atoms with Crippen LogP contribution in [-0.2, 0) is 72.7 Å². The molecular formula is C40H56N2O10. The molecule has 0 saturated heterocycles. The highest BCUT2D eigenvalue weighted by Crippen LogP contribution is 2.41. The van der Waals surface area contributed by atoms with Crippen LogP contribution in [0.25, 0.3) is 0 Å². The molecule has 286 valence electrons. The largest absolute Gasteiger partial charge is 0.507 e. The zero-order chi connectivity index (χ0) is 40.0. The highest BCUT2D eigenvalue weighted by atomic mass is 16.5. The van der Waals surface area contributed by atoms with Crippen LogP contribution in [0, 0.1) is 0 Å². The quantitative estimate of drug-likeness (QED) is 0.138. The minimum absolute atomic E-state index is 0.154. The lowest BCUT2D eigenvalue weighted by Crippen LogP contribution is -2.42. The van der Waals surface area contributed by atoms with E-state index in [0.29, 0.717) is 33.4 Å². The molecule has 0 aliphatic carbocycles.